The minimum absolute atomic E-state index is 0.265. The highest BCUT2D eigenvalue weighted by Gasteiger charge is 2.00. The van der Waals surface area contributed by atoms with Gasteiger partial charge in [0.2, 0.25) is 5.91 Å². The van der Waals surface area contributed by atoms with E-state index in [0.29, 0.717) is 0 Å². The Labute approximate surface area is 215 Å². The molecular formula is C32H63NO. The Hall–Kier alpha value is -0.790. The van der Waals surface area contributed by atoms with Crippen molar-refractivity contribution in [3.8, 4) is 0 Å². The van der Waals surface area contributed by atoms with Gasteiger partial charge in [-0.15, -0.1) is 0 Å². The Morgan fingerprint density at radius 2 is 0.824 bits per heavy atom. The Morgan fingerprint density at radius 3 is 1.26 bits per heavy atom. The molecule has 0 spiro atoms. The number of nitrogens with one attached hydrogen (secondary N) is 1. The monoisotopic (exact) mass is 477 g/mol. The van der Waals surface area contributed by atoms with E-state index < -0.39 is 0 Å². The number of hydrogen-bond donors (Lipinski definition) is 1. The van der Waals surface area contributed by atoms with Crippen LogP contribution in [0, 0.1) is 0 Å². The van der Waals surface area contributed by atoms with Gasteiger partial charge >= 0.3 is 0 Å². The van der Waals surface area contributed by atoms with Crippen molar-refractivity contribution in [2.45, 2.75) is 181 Å². The van der Waals surface area contributed by atoms with Crippen LogP contribution < -0.4 is 5.32 Å². The maximum absolute atomic E-state index is 12.0. The molecule has 0 radical (unpaired) electrons. The van der Waals surface area contributed by atoms with Gasteiger partial charge in [-0.2, -0.15) is 0 Å². The fourth-order valence-corrected chi connectivity index (χ4v) is 4.64. The van der Waals surface area contributed by atoms with Gasteiger partial charge in [0.05, 0.1) is 0 Å². The number of hydrogen-bond acceptors (Lipinski definition) is 1. The van der Waals surface area contributed by atoms with Gasteiger partial charge in [0.1, 0.15) is 0 Å². The molecule has 0 unspecified atom stereocenters. The largest absolute Gasteiger partial charge is 0.356 e. The van der Waals surface area contributed by atoms with E-state index in [1.165, 1.54) is 148 Å². The summed E-state index contributed by atoms with van der Waals surface area (Å²) >= 11 is 0. The van der Waals surface area contributed by atoms with Crippen LogP contribution in [0.1, 0.15) is 181 Å². The van der Waals surface area contributed by atoms with Crippen LogP contribution in [0.25, 0.3) is 0 Å². The summed E-state index contributed by atoms with van der Waals surface area (Å²) in [6.45, 7) is 5.44. The molecule has 1 amide bonds. The van der Waals surface area contributed by atoms with E-state index >= 15 is 0 Å². The van der Waals surface area contributed by atoms with E-state index in [0.717, 1.165) is 25.8 Å². The molecule has 0 heterocycles. The number of allylic oxidation sites excluding steroid dienone is 2. The van der Waals surface area contributed by atoms with Crippen LogP contribution in [0.2, 0.25) is 0 Å². The predicted octanol–water partition coefficient (Wildman–Crippen LogP) is 10.8. The fourth-order valence-electron chi connectivity index (χ4n) is 4.64. The van der Waals surface area contributed by atoms with Crippen molar-refractivity contribution in [3.05, 3.63) is 12.2 Å². The van der Waals surface area contributed by atoms with E-state index in [4.69, 9.17) is 0 Å². The zero-order valence-corrected chi connectivity index (χ0v) is 23.7. The summed E-state index contributed by atoms with van der Waals surface area (Å²) < 4.78 is 0. The minimum Gasteiger partial charge on any atom is -0.356 e. The summed E-state index contributed by atoms with van der Waals surface area (Å²) in [6, 6.07) is 0. The van der Waals surface area contributed by atoms with Crippen LogP contribution in [0.3, 0.4) is 0 Å². The van der Waals surface area contributed by atoms with Gasteiger partial charge < -0.3 is 5.32 Å². The standard InChI is InChI=1S/C32H63NO/c1-3-5-7-9-11-13-15-17-18-19-20-22-24-26-28-30-32(34)33-31-29-27-25-23-21-16-14-12-10-8-6-4-2/h17-18H,3-16,19-31H2,1-2H3,(H,33,34). The molecule has 0 aliphatic carbocycles. The average molecular weight is 478 g/mol. The zero-order chi connectivity index (χ0) is 24.8. The van der Waals surface area contributed by atoms with Crippen molar-refractivity contribution >= 4 is 5.91 Å². The summed E-state index contributed by atoms with van der Waals surface area (Å²) in [5.74, 6) is 0.265. The van der Waals surface area contributed by atoms with Crippen LogP contribution >= 0.6 is 0 Å². The van der Waals surface area contributed by atoms with Crippen molar-refractivity contribution in [1.82, 2.24) is 5.32 Å². The molecule has 2 heteroatoms. The van der Waals surface area contributed by atoms with E-state index in [1.807, 2.05) is 0 Å². The summed E-state index contributed by atoms with van der Waals surface area (Å²) in [6.07, 6.45) is 38.9. The molecule has 0 atom stereocenters. The summed E-state index contributed by atoms with van der Waals surface area (Å²) in [7, 11) is 0. The lowest BCUT2D eigenvalue weighted by molar-refractivity contribution is -0.121. The molecule has 0 aliphatic rings. The van der Waals surface area contributed by atoms with Gasteiger partial charge in [-0.3, -0.25) is 4.79 Å². The second-order valence-electron chi connectivity index (χ2n) is 10.6. The molecule has 0 aliphatic heterocycles. The van der Waals surface area contributed by atoms with Gasteiger partial charge in [-0.05, 0) is 38.5 Å². The Morgan fingerprint density at radius 1 is 0.471 bits per heavy atom. The third kappa shape index (κ3) is 29.2. The molecule has 0 aromatic heterocycles. The van der Waals surface area contributed by atoms with Crippen LogP contribution in [-0.4, -0.2) is 12.5 Å². The van der Waals surface area contributed by atoms with Gasteiger partial charge in [0, 0.05) is 13.0 Å². The number of carbonyl (C=O) groups is 1. The van der Waals surface area contributed by atoms with Gasteiger partial charge in [0.15, 0.2) is 0 Å². The topological polar surface area (TPSA) is 29.1 Å². The number of carbonyl (C=O) groups excluding carboxylic acids is 1. The van der Waals surface area contributed by atoms with Crippen molar-refractivity contribution in [1.29, 1.82) is 0 Å². The van der Waals surface area contributed by atoms with Crippen LogP contribution in [0.4, 0.5) is 0 Å². The fraction of sp³-hybridized carbons (Fsp3) is 0.906. The molecule has 0 saturated heterocycles. The molecular weight excluding hydrogens is 414 g/mol. The number of amides is 1. The maximum atomic E-state index is 12.0. The summed E-state index contributed by atoms with van der Waals surface area (Å²) in [5, 5.41) is 3.12. The van der Waals surface area contributed by atoms with Crippen molar-refractivity contribution < 1.29 is 4.79 Å². The molecule has 2 nitrogen and oxygen atoms in total. The molecule has 0 bridgehead atoms. The van der Waals surface area contributed by atoms with E-state index in [-0.39, 0.29) is 5.91 Å². The molecule has 34 heavy (non-hydrogen) atoms. The quantitative estimate of drug-likeness (QED) is 0.0880. The Bertz CT molecular complexity index is 417. The normalized spacial score (nSPS) is 11.5. The van der Waals surface area contributed by atoms with Crippen LogP contribution in [-0.2, 0) is 4.79 Å². The first kappa shape index (κ1) is 33.2. The maximum Gasteiger partial charge on any atom is 0.219 e. The lowest BCUT2D eigenvalue weighted by atomic mass is 10.1. The SMILES string of the molecule is CCCCCCCCC=CCCCCCCCC(=O)NCCCCCCCCCCCCCC. The van der Waals surface area contributed by atoms with E-state index in [9.17, 15) is 4.79 Å². The third-order valence-electron chi connectivity index (χ3n) is 7.02. The zero-order valence-electron chi connectivity index (χ0n) is 23.7. The summed E-state index contributed by atoms with van der Waals surface area (Å²) in [4.78, 5) is 12.0. The van der Waals surface area contributed by atoms with E-state index in [2.05, 4.69) is 31.3 Å². The van der Waals surface area contributed by atoms with Crippen molar-refractivity contribution in [2.75, 3.05) is 6.54 Å². The highest BCUT2D eigenvalue weighted by Crippen LogP contribution is 2.12. The Balaban J connectivity index is 3.19. The van der Waals surface area contributed by atoms with Crippen LogP contribution in [0.5, 0.6) is 0 Å². The second-order valence-corrected chi connectivity index (χ2v) is 10.6. The lowest BCUT2D eigenvalue weighted by Crippen LogP contribution is -2.23. The number of rotatable bonds is 28. The molecule has 0 saturated carbocycles. The first-order chi connectivity index (χ1) is 16.8. The molecule has 0 fully saturated rings. The predicted molar refractivity (Wildman–Crippen MR) is 154 cm³/mol. The first-order valence-electron chi connectivity index (χ1n) is 15.7. The number of unbranched alkanes of at least 4 members (excludes halogenated alkanes) is 22. The van der Waals surface area contributed by atoms with E-state index in [1.54, 1.807) is 0 Å². The Kier molecular flexibility index (Phi) is 29.5. The van der Waals surface area contributed by atoms with Crippen molar-refractivity contribution in [2.24, 2.45) is 0 Å². The van der Waals surface area contributed by atoms with Gasteiger partial charge in [-0.1, -0.05) is 148 Å². The minimum atomic E-state index is 0.265. The third-order valence-corrected chi connectivity index (χ3v) is 7.02. The molecule has 1 N–H and O–H groups in total. The average Bonchev–Trinajstić information content (AvgIpc) is 2.84. The summed E-state index contributed by atoms with van der Waals surface area (Å²) in [5.41, 5.74) is 0. The van der Waals surface area contributed by atoms with Gasteiger partial charge in [0.25, 0.3) is 0 Å². The lowest BCUT2D eigenvalue weighted by Gasteiger charge is -2.06. The molecule has 0 aromatic rings. The molecule has 0 rings (SSSR count). The van der Waals surface area contributed by atoms with Gasteiger partial charge in [-0.25, -0.2) is 0 Å². The second kappa shape index (κ2) is 30.2. The molecule has 202 valence electrons. The van der Waals surface area contributed by atoms with Crippen LogP contribution in [0.15, 0.2) is 12.2 Å². The van der Waals surface area contributed by atoms with Crippen molar-refractivity contribution in [3.63, 3.8) is 0 Å². The first-order valence-corrected chi connectivity index (χ1v) is 15.7. The smallest absolute Gasteiger partial charge is 0.219 e. The molecule has 0 aromatic carbocycles. The highest BCUT2D eigenvalue weighted by molar-refractivity contribution is 5.75. The highest BCUT2D eigenvalue weighted by atomic mass is 16.1.